The average Bonchev–Trinajstić information content (AvgIpc) is 2.18. The van der Waals surface area contributed by atoms with Gasteiger partial charge in [-0.05, 0) is 13.3 Å². The molecule has 1 atom stereocenters. The molecule has 84 valence electrons. The molecule has 0 aromatic carbocycles. The lowest BCUT2D eigenvalue weighted by Crippen LogP contribution is -2.20. The minimum atomic E-state index is -3.48. The third-order valence-electron chi connectivity index (χ3n) is 1.90. The molecule has 0 saturated heterocycles. The Balaban J connectivity index is 3.01. The van der Waals surface area contributed by atoms with Crippen LogP contribution in [0.4, 0.5) is 0 Å². The van der Waals surface area contributed by atoms with Crippen LogP contribution in [0.2, 0.25) is 5.02 Å². The molecule has 0 aliphatic heterocycles. The lowest BCUT2D eigenvalue weighted by molar-refractivity contribution is 0.572. The standard InChI is InChI=1S/C8H10Cl2N2O2S/c1-6(2-3-9)15(13,14)8-11-4-7(10)5-12-8/h4-6H,2-3H2,1H3. The summed E-state index contributed by atoms with van der Waals surface area (Å²) in [6, 6.07) is 0. The van der Waals surface area contributed by atoms with Crippen LogP contribution in [0, 0.1) is 0 Å². The maximum Gasteiger partial charge on any atom is 0.247 e. The van der Waals surface area contributed by atoms with Crippen LogP contribution in [-0.4, -0.2) is 29.5 Å². The van der Waals surface area contributed by atoms with Crippen molar-refractivity contribution in [1.82, 2.24) is 9.97 Å². The molecule has 0 radical (unpaired) electrons. The fourth-order valence-corrected chi connectivity index (χ4v) is 2.68. The van der Waals surface area contributed by atoms with Gasteiger partial charge in [0.1, 0.15) is 0 Å². The van der Waals surface area contributed by atoms with E-state index in [1.165, 1.54) is 12.4 Å². The molecule has 7 heteroatoms. The van der Waals surface area contributed by atoms with Crippen molar-refractivity contribution >= 4 is 33.0 Å². The van der Waals surface area contributed by atoms with Gasteiger partial charge in [0.2, 0.25) is 15.0 Å². The van der Waals surface area contributed by atoms with Crippen molar-refractivity contribution in [2.45, 2.75) is 23.8 Å². The molecule has 0 saturated carbocycles. The van der Waals surface area contributed by atoms with E-state index in [1.807, 2.05) is 0 Å². The van der Waals surface area contributed by atoms with E-state index < -0.39 is 15.1 Å². The Morgan fingerprint density at radius 3 is 2.40 bits per heavy atom. The Morgan fingerprint density at radius 1 is 1.40 bits per heavy atom. The Bertz CT molecular complexity index is 419. The lowest BCUT2D eigenvalue weighted by atomic mass is 10.4. The Kier molecular flexibility index (Phi) is 4.31. The van der Waals surface area contributed by atoms with Crippen molar-refractivity contribution in [1.29, 1.82) is 0 Å². The number of alkyl halides is 1. The summed E-state index contributed by atoms with van der Waals surface area (Å²) in [5, 5.41) is -0.486. The van der Waals surface area contributed by atoms with Crippen molar-refractivity contribution in [3.05, 3.63) is 17.4 Å². The topological polar surface area (TPSA) is 59.9 Å². The molecule has 1 rings (SSSR count). The van der Waals surface area contributed by atoms with E-state index in [2.05, 4.69) is 9.97 Å². The zero-order chi connectivity index (χ0) is 11.5. The normalized spacial score (nSPS) is 13.8. The van der Waals surface area contributed by atoms with E-state index in [0.29, 0.717) is 11.4 Å². The maximum atomic E-state index is 11.8. The molecule has 0 amide bonds. The van der Waals surface area contributed by atoms with Crippen molar-refractivity contribution in [2.24, 2.45) is 0 Å². The zero-order valence-corrected chi connectivity index (χ0v) is 10.3. The predicted octanol–water partition coefficient (Wildman–Crippen LogP) is 1.92. The molecular weight excluding hydrogens is 259 g/mol. The van der Waals surface area contributed by atoms with Crippen LogP contribution >= 0.6 is 23.2 Å². The molecule has 1 aromatic heterocycles. The van der Waals surface area contributed by atoms with E-state index in [9.17, 15) is 8.42 Å². The predicted molar refractivity (Wildman–Crippen MR) is 59.0 cm³/mol. The SMILES string of the molecule is CC(CCCl)S(=O)(=O)c1ncc(Cl)cn1. The smallest absolute Gasteiger partial charge is 0.225 e. The summed E-state index contributed by atoms with van der Waals surface area (Å²) in [4.78, 5) is 7.36. The summed E-state index contributed by atoms with van der Waals surface area (Å²) in [6.07, 6.45) is 2.89. The second-order valence-electron chi connectivity index (χ2n) is 3.02. The lowest BCUT2D eigenvalue weighted by Gasteiger charge is -2.09. The summed E-state index contributed by atoms with van der Waals surface area (Å²) in [5.41, 5.74) is 0. The van der Waals surface area contributed by atoms with Crippen LogP contribution in [0.25, 0.3) is 0 Å². The molecule has 0 bridgehead atoms. The highest BCUT2D eigenvalue weighted by Crippen LogP contribution is 2.15. The van der Waals surface area contributed by atoms with Gasteiger partial charge >= 0.3 is 0 Å². The van der Waals surface area contributed by atoms with E-state index in [1.54, 1.807) is 6.92 Å². The van der Waals surface area contributed by atoms with Gasteiger partial charge < -0.3 is 0 Å². The summed E-state index contributed by atoms with van der Waals surface area (Å²) < 4.78 is 23.6. The zero-order valence-electron chi connectivity index (χ0n) is 8.02. The molecule has 4 nitrogen and oxygen atoms in total. The summed E-state index contributed by atoms with van der Waals surface area (Å²) >= 11 is 11.1. The monoisotopic (exact) mass is 268 g/mol. The number of hydrogen-bond acceptors (Lipinski definition) is 4. The largest absolute Gasteiger partial charge is 0.247 e. The summed E-state index contributed by atoms with van der Waals surface area (Å²) in [6.45, 7) is 1.58. The fraction of sp³-hybridized carbons (Fsp3) is 0.500. The highest BCUT2D eigenvalue weighted by Gasteiger charge is 2.25. The molecular formula is C8H10Cl2N2O2S. The van der Waals surface area contributed by atoms with Gasteiger partial charge in [0.05, 0.1) is 22.7 Å². The van der Waals surface area contributed by atoms with Crippen LogP contribution in [-0.2, 0) is 9.84 Å². The highest BCUT2D eigenvalue weighted by molar-refractivity contribution is 7.91. The molecule has 0 aliphatic rings. The molecule has 15 heavy (non-hydrogen) atoms. The van der Waals surface area contributed by atoms with Crippen LogP contribution in [0.15, 0.2) is 17.6 Å². The van der Waals surface area contributed by atoms with Gasteiger partial charge in [-0.15, -0.1) is 11.6 Å². The van der Waals surface area contributed by atoms with Crippen molar-refractivity contribution in [3.63, 3.8) is 0 Å². The summed E-state index contributed by atoms with van der Waals surface area (Å²) in [5.74, 6) is 0.286. The van der Waals surface area contributed by atoms with Crippen LogP contribution < -0.4 is 0 Å². The minimum absolute atomic E-state index is 0.204. The molecule has 1 aromatic rings. The van der Waals surface area contributed by atoms with Gasteiger partial charge in [-0.1, -0.05) is 11.6 Å². The highest BCUT2D eigenvalue weighted by atomic mass is 35.5. The second kappa shape index (κ2) is 5.09. The van der Waals surface area contributed by atoms with Crippen LogP contribution in [0.1, 0.15) is 13.3 Å². The first-order valence-corrected chi connectivity index (χ1v) is 6.71. The van der Waals surface area contributed by atoms with E-state index >= 15 is 0 Å². The Hall–Kier alpha value is -0.390. The minimum Gasteiger partial charge on any atom is -0.225 e. The molecule has 0 N–H and O–H groups in total. The van der Waals surface area contributed by atoms with Crippen molar-refractivity contribution in [3.8, 4) is 0 Å². The van der Waals surface area contributed by atoms with Gasteiger partial charge in [0.25, 0.3) is 0 Å². The first-order chi connectivity index (χ1) is 6.98. The van der Waals surface area contributed by atoms with Gasteiger partial charge in [0, 0.05) is 5.88 Å². The fourth-order valence-electron chi connectivity index (χ4n) is 0.936. The molecule has 1 unspecified atom stereocenters. The van der Waals surface area contributed by atoms with Crippen LogP contribution in [0.3, 0.4) is 0 Å². The molecule has 0 spiro atoms. The Morgan fingerprint density at radius 2 is 1.93 bits per heavy atom. The number of aromatic nitrogens is 2. The number of nitrogens with zero attached hydrogens (tertiary/aromatic N) is 2. The van der Waals surface area contributed by atoms with Crippen molar-refractivity contribution in [2.75, 3.05) is 5.88 Å². The van der Waals surface area contributed by atoms with E-state index in [-0.39, 0.29) is 11.0 Å². The van der Waals surface area contributed by atoms with Gasteiger partial charge in [-0.3, -0.25) is 0 Å². The quantitative estimate of drug-likeness (QED) is 0.619. The third-order valence-corrected chi connectivity index (χ3v) is 4.32. The van der Waals surface area contributed by atoms with E-state index in [4.69, 9.17) is 23.2 Å². The number of hydrogen-bond donors (Lipinski definition) is 0. The van der Waals surface area contributed by atoms with Gasteiger partial charge in [-0.25, -0.2) is 18.4 Å². The van der Waals surface area contributed by atoms with E-state index in [0.717, 1.165) is 0 Å². The van der Waals surface area contributed by atoms with Crippen molar-refractivity contribution < 1.29 is 8.42 Å². The molecule has 0 fully saturated rings. The first kappa shape index (κ1) is 12.7. The average molecular weight is 269 g/mol. The third kappa shape index (κ3) is 3.03. The number of rotatable bonds is 4. The van der Waals surface area contributed by atoms with Crippen LogP contribution in [0.5, 0.6) is 0 Å². The number of halogens is 2. The van der Waals surface area contributed by atoms with Gasteiger partial charge in [0.15, 0.2) is 0 Å². The second-order valence-corrected chi connectivity index (χ2v) is 6.09. The molecule has 0 aliphatic carbocycles. The first-order valence-electron chi connectivity index (χ1n) is 4.26. The molecule has 1 heterocycles. The number of sulfone groups is 1. The Labute approximate surface area is 98.6 Å². The summed E-state index contributed by atoms with van der Waals surface area (Å²) in [7, 11) is -3.48. The maximum absolute atomic E-state index is 11.8. The van der Waals surface area contributed by atoms with Gasteiger partial charge in [-0.2, -0.15) is 0 Å².